The number of hydrogen-bond donors (Lipinski definition) is 2. The Bertz CT molecular complexity index is 533. The van der Waals surface area contributed by atoms with Crippen LogP contribution in [-0.4, -0.2) is 46.3 Å². The van der Waals surface area contributed by atoms with Crippen molar-refractivity contribution in [3.8, 4) is 0 Å². The van der Waals surface area contributed by atoms with Crippen molar-refractivity contribution >= 4 is 23.2 Å². The molecule has 0 bridgehead atoms. The zero-order chi connectivity index (χ0) is 14.4. The minimum atomic E-state index is -4.99. The molecule has 1 aromatic rings. The Kier molecular flexibility index (Phi) is 3.06. The van der Waals surface area contributed by atoms with E-state index < -0.39 is 36.7 Å². The van der Waals surface area contributed by atoms with Crippen LogP contribution in [0.4, 0.5) is 13.2 Å². The third-order valence-corrected chi connectivity index (χ3v) is 3.57. The molecular weight excluding hydrogens is 287 g/mol. The fraction of sp³-hybridized carbons (Fsp3) is 0.400. The van der Waals surface area contributed by atoms with Crippen LogP contribution in [0.2, 0.25) is 0 Å². The van der Waals surface area contributed by atoms with E-state index in [-0.39, 0.29) is 11.1 Å². The number of carboxylic acids is 1. The molecule has 0 aliphatic carbocycles. The first-order valence-electron chi connectivity index (χ1n) is 5.03. The van der Waals surface area contributed by atoms with Crippen molar-refractivity contribution in [2.24, 2.45) is 0 Å². The predicted octanol–water partition coefficient (Wildman–Crippen LogP) is 1.04. The molecule has 104 valence electrons. The molecule has 0 radical (unpaired) electrons. The van der Waals surface area contributed by atoms with E-state index in [1.807, 2.05) is 0 Å². The summed E-state index contributed by atoms with van der Waals surface area (Å²) in [4.78, 5) is 22.2. The van der Waals surface area contributed by atoms with Crippen LogP contribution >= 0.6 is 11.3 Å². The largest absolute Gasteiger partial charge is 0.478 e. The van der Waals surface area contributed by atoms with Gasteiger partial charge in [-0.3, -0.25) is 4.79 Å². The summed E-state index contributed by atoms with van der Waals surface area (Å²) in [6.07, 6.45) is -4.99. The Hall–Kier alpha value is -1.61. The smallest absolute Gasteiger partial charge is 0.471 e. The number of carbonyl (C=O) groups is 2. The second kappa shape index (κ2) is 4.20. The lowest BCUT2D eigenvalue weighted by Gasteiger charge is -2.46. The Morgan fingerprint density at radius 3 is 2.37 bits per heavy atom. The van der Waals surface area contributed by atoms with Gasteiger partial charge in [0.05, 0.1) is 18.7 Å². The van der Waals surface area contributed by atoms with Gasteiger partial charge in [-0.1, -0.05) is 0 Å². The molecule has 9 heteroatoms. The third-order valence-electron chi connectivity index (χ3n) is 2.83. The minimum Gasteiger partial charge on any atom is -0.478 e. The molecule has 1 fully saturated rings. The number of aliphatic hydroxyl groups is 1. The number of alkyl halides is 3. The zero-order valence-corrected chi connectivity index (χ0v) is 10.1. The Morgan fingerprint density at radius 2 is 1.89 bits per heavy atom. The van der Waals surface area contributed by atoms with Crippen molar-refractivity contribution in [1.29, 1.82) is 0 Å². The van der Waals surface area contributed by atoms with Gasteiger partial charge in [0, 0.05) is 10.9 Å². The maximum atomic E-state index is 12.2. The van der Waals surface area contributed by atoms with Crippen molar-refractivity contribution in [3.05, 3.63) is 21.9 Å². The number of aromatic carboxylic acids is 1. The van der Waals surface area contributed by atoms with Crippen molar-refractivity contribution in [2.75, 3.05) is 13.1 Å². The quantitative estimate of drug-likeness (QED) is 0.854. The normalized spacial score (nSPS) is 18.0. The van der Waals surface area contributed by atoms with E-state index in [9.17, 15) is 27.9 Å². The van der Waals surface area contributed by atoms with Gasteiger partial charge in [-0.2, -0.15) is 24.5 Å². The molecule has 2 rings (SSSR count). The number of amides is 1. The van der Waals surface area contributed by atoms with Crippen LogP contribution in [0.15, 0.2) is 10.8 Å². The van der Waals surface area contributed by atoms with Crippen LogP contribution in [0, 0.1) is 0 Å². The van der Waals surface area contributed by atoms with E-state index >= 15 is 0 Å². The molecule has 1 aromatic heterocycles. The molecule has 1 amide bonds. The van der Waals surface area contributed by atoms with Gasteiger partial charge in [0.15, 0.2) is 0 Å². The van der Waals surface area contributed by atoms with E-state index in [0.717, 1.165) is 11.3 Å². The number of likely N-dealkylation sites (tertiary alicyclic amines) is 1. The van der Waals surface area contributed by atoms with Crippen LogP contribution in [0.5, 0.6) is 0 Å². The summed E-state index contributed by atoms with van der Waals surface area (Å²) in [7, 11) is 0. The minimum absolute atomic E-state index is 0.0382. The average molecular weight is 295 g/mol. The SMILES string of the molecule is O=C(O)c1cscc1C1(O)CN(C(=O)C(F)(F)F)C1. The van der Waals surface area contributed by atoms with E-state index in [2.05, 4.69) is 0 Å². The van der Waals surface area contributed by atoms with Gasteiger partial charge in [-0.15, -0.1) is 0 Å². The Balaban J connectivity index is 2.15. The van der Waals surface area contributed by atoms with E-state index in [1.54, 1.807) is 0 Å². The Morgan fingerprint density at radius 1 is 1.32 bits per heavy atom. The summed E-state index contributed by atoms with van der Waals surface area (Å²) in [5, 5.41) is 21.6. The van der Waals surface area contributed by atoms with Gasteiger partial charge in [0.1, 0.15) is 5.60 Å². The molecule has 0 saturated carbocycles. The predicted molar refractivity (Wildman–Crippen MR) is 57.8 cm³/mol. The topological polar surface area (TPSA) is 77.8 Å². The number of carboxylic acid groups (broad SMARTS) is 1. The van der Waals surface area contributed by atoms with Crippen LogP contribution in [-0.2, 0) is 10.4 Å². The molecule has 2 N–H and O–H groups in total. The van der Waals surface area contributed by atoms with Crippen molar-refractivity contribution < 1.29 is 33.0 Å². The van der Waals surface area contributed by atoms with E-state index in [4.69, 9.17) is 5.11 Å². The first-order valence-corrected chi connectivity index (χ1v) is 5.98. The number of carbonyl (C=O) groups excluding carboxylic acids is 1. The highest BCUT2D eigenvalue weighted by molar-refractivity contribution is 7.08. The molecule has 19 heavy (non-hydrogen) atoms. The van der Waals surface area contributed by atoms with Gasteiger partial charge in [0.2, 0.25) is 0 Å². The molecule has 1 aliphatic rings. The zero-order valence-electron chi connectivity index (χ0n) is 9.27. The summed E-state index contributed by atoms with van der Waals surface area (Å²) >= 11 is 1.02. The summed E-state index contributed by atoms with van der Waals surface area (Å²) < 4.78 is 36.5. The standard InChI is InChI=1S/C10H8F3NO4S/c11-10(12,13)8(17)14-3-9(18,4-14)6-2-19-1-5(6)7(15)16/h1-2,18H,3-4H2,(H,15,16). The van der Waals surface area contributed by atoms with Crippen molar-refractivity contribution in [2.45, 2.75) is 11.8 Å². The van der Waals surface area contributed by atoms with Gasteiger partial charge in [0.25, 0.3) is 0 Å². The van der Waals surface area contributed by atoms with Crippen LogP contribution < -0.4 is 0 Å². The molecule has 0 aromatic carbocycles. The lowest BCUT2D eigenvalue weighted by molar-refractivity contribution is -0.204. The maximum Gasteiger partial charge on any atom is 0.471 e. The first-order chi connectivity index (χ1) is 8.65. The molecule has 5 nitrogen and oxygen atoms in total. The van der Waals surface area contributed by atoms with Crippen LogP contribution in [0.3, 0.4) is 0 Å². The van der Waals surface area contributed by atoms with Gasteiger partial charge in [-0.25, -0.2) is 4.79 Å². The lowest BCUT2D eigenvalue weighted by Crippen LogP contribution is -2.63. The van der Waals surface area contributed by atoms with Gasteiger partial charge < -0.3 is 15.1 Å². The van der Waals surface area contributed by atoms with Crippen LogP contribution in [0.25, 0.3) is 0 Å². The number of β-amino-alcohol motifs (C(OH)–C–C–N with tert-alkyl or cyclic N) is 1. The van der Waals surface area contributed by atoms with E-state index in [1.165, 1.54) is 10.8 Å². The first kappa shape index (κ1) is 13.8. The summed E-state index contributed by atoms with van der Waals surface area (Å²) in [6, 6.07) is 0. The second-order valence-electron chi connectivity index (χ2n) is 4.19. The third kappa shape index (κ3) is 2.30. The van der Waals surface area contributed by atoms with Gasteiger partial charge in [-0.05, 0) is 5.38 Å². The molecule has 1 saturated heterocycles. The highest BCUT2D eigenvalue weighted by atomic mass is 32.1. The molecular formula is C10H8F3NO4S. The van der Waals surface area contributed by atoms with E-state index in [0.29, 0.717) is 4.90 Å². The van der Waals surface area contributed by atoms with Crippen molar-refractivity contribution in [1.82, 2.24) is 4.90 Å². The van der Waals surface area contributed by atoms with Crippen LogP contribution in [0.1, 0.15) is 15.9 Å². The Labute approximate surface area is 108 Å². The fourth-order valence-corrected chi connectivity index (χ4v) is 2.82. The highest BCUT2D eigenvalue weighted by Crippen LogP contribution is 2.37. The lowest BCUT2D eigenvalue weighted by atomic mass is 9.85. The fourth-order valence-electron chi connectivity index (χ4n) is 1.90. The average Bonchev–Trinajstić information content (AvgIpc) is 2.71. The number of rotatable bonds is 2. The summed E-state index contributed by atoms with van der Waals surface area (Å²) in [5.74, 6) is -3.31. The summed E-state index contributed by atoms with van der Waals surface area (Å²) in [6.45, 7) is -1.13. The maximum absolute atomic E-state index is 12.2. The number of nitrogens with zero attached hydrogens (tertiary/aromatic N) is 1. The molecule has 0 atom stereocenters. The molecule has 2 heterocycles. The molecule has 0 spiro atoms. The second-order valence-corrected chi connectivity index (χ2v) is 4.94. The summed E-state index contributed by atoms with van der Waals surface area (Å²) in [5.41, 5.74) is -1.85. The highest BCUT2D eigenvalue weighted by Gasteiger charge is 2.53. The van der Waals surface area contributed by atoms with Crippen molar-refractivity contribution in [3.63, 3.8) is 0 Å². The monoisotopic (exact) mass is 295 g/mol. The molecule has 0 unspecified atom stereocenters. The number of halogens is 3. The number of hydrogen-bond acceptors (Lipinski definition) is 4. The number of thiophene rings is 1. The van der Waals surface area contributed by atoms with Gasteiger partial charge >= 0.3 is 18.1 Å². The molecule has 1 aliphatic heterocycles.